The Kier molecular flexibility index (Phi) is 4.22. The molecule has 0 aliphatic heterocycles. The van der Waals surface area contributed by atoms with Crippen LogP contribution in [0.25, 0.3) is 0 Å². The topological polar surface area (TPSA) is 101 Å². The Morgan fingerprint density at radius 3 is 2.71 bits per heavy atom. The first kappa shape index (κ1) is 14.6. The monoisotopic (exact) mass is 290 g/mol. The number of para-hydroxylation sites is 1. The molecule has 2 rings (SSSR count). The molecule has 110 valence electrons. The van der Waals surface area contributed by atoms with Gasteiger partial charge < -0.3 is 9.84 Å². The molecule has 1 aromatic heterocycles. The summed E-state index contributed by atoms with van der Waals surface area (Å²) >= 11 is 0. The van der Waals surface area contributed by atoms with Crippen molar-refractivity contribution in [3.05, 3.63) is 62.4 Å². The minimum atomic E-state index is -1.37. The van der Waals surface area contributed by atoms with Gasteiger partial charge in [0.1, 0.15) is 11.3 Å². The van der Waals surface area contributed by atoms with Gasteiger partial charge in [-0.3, -0.25) is 14.3 Å². The van der Waals surface area contributed by atoms with E-state index in [1.54, 1.807) is 13.2 Å². The van der Waals surface area contributed by atoms with Crippen molar-refractivity contribution < 1.29 is 14.6 Å². The Morgan fingerprint density at radius 2 is 2.05 bits per heavy atom. The Labute approximate surface area is 119 Å². The minimum Gasteiger partial charge on any atom is -0.496 e. The molecule has 0 aliphatic carbocycles. The predicted molar refractivity (Wildman–Crippen MR) is 75.0 cm³/mol. The summed E-state index contributed by atoms with van der Waals surface area (Å²) in [4.78, 5) is 35.9. The predicted octanol–water partition coefficient (Wildman–Crippen LogP) is 0.486. The van der Waals surface area contributed by atoms with Crippen LogP contribution in [0.5, 0.6) is 5.75 Å². The molecular formula is C14H14N2O5. The molecule has 0 fully saturated rings. The van der Waals surface area contributed by atoms with E-state index in [1.807, 2.05) is 23.2 Å². The molecule has 0 atom stereocenters. The number of ether oxygens (including phenoxy) is 1. The lowest BCUT2D eigenvalue weighted by Gasteiger charge is -2.09. The second-order valence-electron chi connectivity index (χ2n) is 4.36. The average Bonchev–Trinajstić information content (AvgIpc) is 2.46. The van der Waals surface area contributed by atoms with E-state index in [4.69, 9.17) is 9.84 Å². The van der Waals surface area contributed by atoms with Crippen molar-refractivity contribution in [2.75, 3.05) is 7.11 Å². The molecule has 7 heteroatoms. The van der Waals surface area contributed by atoms with Gasteiger partial charge in [0.25, 0.3) is 5.56 Å². The van der Waals surface area contributed by atoms with E-state index in [1.165, 1.54) is 0 Å². The summed E-state index contributed by atoms with van der Waals surface area (Å²) in [6, 6.07) is 7.33. The molecule has 0 saturated heterocycles. The molecule has 1 heterocycles. The fourth-order valence-corrected chi connectivity index (χ4v) is 1.98. The number of nitrogens with one attached hydrogen (secondary N) is 1. The van der Waals surface area contributed by atoms with Gasteiger partial charge in [0.2, 0.25) is 0 Å². The molecule has 2 aromatic rings. The van der Waals surface area contributed by atoms with Gasteiger partial charge in [0, 0.05) is 12.7 Å². The molecule has 1 aromatic carbocycles. The van der Waals surface area contributed by atoms with Gasteiger partial charge in [-0.2, -0.15) is 0 Å². The molecule has 0 saturated carbocycles. The number of aryl methyl sites for hydroxylation is 2. The number of carbonyl (C=O) groups is 1. The van der Waals surface area contributed by atoms with Gasteiger partial charge in [-0.1, -0.05) is 18.2 Å². The van der Waals surface area contributed by atoms with Crippen LogP contribution >= 0.6 is 0 Å². The third kappa shape index (κ3) is 3.19. The molecular weight excluding hydrogens is 276 g/mol. The number of aromatic amines is 1. The summed E-state index contributed by atoms with van der Waals surface area (Å²) < 4.78 is 6.37. The highest BCUT2D eigenvalue weighted by Crippen LogP contribution is 2.17. The highest BCUT2D eigenvalue weighted by atomic mass is 16.5. The van der Waals surface area contributed by atoms with Gasteiger partial charge in [0.15, 0.2) is 0 Å². The summed E-state index contributed by atoms with van der Waals surface area (Å²) in [6.07, 6.45) is 1.52. The maximum absolute atomic E-state index is 11.7. The fourth-order valence-electron chi connectivity index (χ4n) is 1.98. The molecule has 0 radical (unpaired) electrons. The van der Waals surface area contributed by atoms with E-state index in [0.29, 0.717) is 12.2 Å². The molecule has 2 N–H and O–H groups in total. The third-order valence-electron chi connectivity index (χ3n) is 3.06. The standard InChI is InChI=1S/C14H14N2O5/c1-21-11-5-3-2-4-9(11)6-7-16-8-10(13(18)19)12(17)15-14(16)20/h2-5,8H,6-7H2,1H3,(H,18,19)(H,15,17,20). The summed E-state index contributed by atoms with van der Waals surface area (Å²) in [7, 11) is 1.55. The van der Waals surface area contributed by atoms with Crippen LogP contribution in [-0.2, 0) is 13.0 Å². The third-order valence-corrected chi connectivity index (χ3v) is 3.06. The van der Waals surface area contributed by atoms with Crippen molar-refractivity contribution in [1.82, 2.24) is 9.55 Å². The fraction of sp³-hybridized carbons (Fsp3) is 0.214. The lowest BCUT2D eigenvalue weighted by atomic mass is 10.1. The Morgan fingerprint density at radius 1 is 1.33 bits per heavy atom. The smallest absolute Gasteiger partial charge is 0.342 e. The first-order valence-corrected chi connectivity index (χ1v) is 6.22. The van der Waals surface area contributed by atoms with Crippen LogP contribution < -0.4 is 16.0 Å². The number of rotatable bonds is 5. The molecule has 0 unspecified atom stereocenters. The molecule has 0 bridgehead atoms. The number of H-pyrrole nitrogens is 1. The van der Waals surface area contributed by atoms with Gasteiger partial charge in [-0.15, -0.1) is 0 Å². The molecule has 21 heavy (non-hydrogen) atoms. The number of hydrogen-bond acceptors (Lipinski definition) is 4. The Bertz CT molecular complexity index is 775. The number of nitrogens with zero attached hydrogens (tertiary/aromatic N) is 1. The molecule has 0 spiro atoms. The number of carboxylic acids is 1. The highest BCUT2D eigenvalue weighted by molar-refractivity contribution is 5.86. The summed E-state index contributed by atoms with van der Waals surface area (Å²) in [6.45, 7) is 0.232. The number of hydrogen-bond donors (Lipinski definition) is 2. The summed E-state index contributed by atoms with van der Waals surface area (Å²) in [5.41, 5.74) is -1.12. The molecule has 0 amide bonds. The van der Waals surface area contributed by atoms with E-state index >= 15 is 0 Å². The Balaban J connectivity index is 2.28. The van der Waals surface area contributed by atoms with Crippen molar-refractivity contribution in [1.29, 1.82) is 0 Å². The van der Waals surface area contributed by atoms with Gasteiger partial charge in [0.05, 0.1) is 7.11 Å². The normalized spacial score (nSPS) is 10.3. The maximum Gasteiger partial charge on any atom is 0.342 e. The van der Waals surface area contributed by atoms with Gasteiger partial charge in [-0.25, -0.2) is 9.59 Å². The van der Waals surface area contributed by atoms with E-state index in [9.17, 15) is 14.4 Å². The number of benzene rings is 1. The highest BCUT2D eigenvalue weighted by Gasteiger charge is 2.11. The van der Waals surface area contributed by atoms with Crippen LogP contribution in [0.3, 0.4) is 0 Å². The second-order valence-corrected chi connectivity index (χ2v) is 4.36. The van der Waals surface area contributed by atoms with Crippen molar-refractivity contribution in [3.63, 3.8) is 0 Å². The second kappa shape index (κ2) is 6.08. The average molecular weight is 290 g/mol. The number of methoxy groups -OCH3 is 1. The van der Waals surface area contributed by atoms with Gasteiger partial charge in [-0.05, 0) is 18.1 Å². The van der Waals surface area contributed by atoms with Crippen molar-refractivity contribution in [3.8, 4) is 5.75 Å². The minimum absolute atomic E-state index is 0.232. The van der Waals surface area contributed by atoms with Crippen molar-refractivity contribution in [2.45, 2.75) is 13.0 Å². The zero-order chi connectivity index (χ0) is 15.4. The summed E-state index contributed by atoms with van der Waals surface area (Å²) in [5, 5.41) is 8.89. The van der Waals surface area contributed by atoms with Crippen LogP contribution in [0.4, 0.5) is 0 Å². The zero-order valence-corrected chi connectivity index (χ0v) is 11.3. The molecule has 0 aliphatic rings. The number of carboxylic acid groups (broad SMARTS) is 1. The Hall–Kier alpha value is -2.83. The largest absolute Gasteiger partial charge is 0.496 e. The lowest BCUT2D eigenvalue weighted by Crippen LogP contribution is -2.33. The number of aromatic carboxylic acids is 1. The van der Waals surface area contributed by atoms with E-state index in [-0.39, 0.29) is 6.54 Å². The first-order chi connectivity index (χ1) is 10.0. The van der Waals surface area contributed by atoms with Crippen molar-refractivity contribution in [2.24, 2.45) is 0 Å². The van der Waals surface area contributed by atoms with Crippen LogP contribution in [0, 0.1) is 0 Å². The van der Waals surface area contributed by atoms with E-state index in [0.717, 1.165) is 16.3 Å². The van der Waals surface area contributed by atoms with Gasteiger partial charge >= 0.3 is 11.7 Å². The van der Waals surface area contributed by atoms with Crippen LogP contribution in [0.15, 0.2) is 40.1 Å². The summed E-state index contributed by atoms with van der Waals surface area (Å²) in [5.74, 6) is -0.685. The van der Waals surface area contributed by atoms with E-state index < -0.39 is 22.8 Å². The lowest BCUT2D eigenvalue weighted by molar-refractivity contribution is 0.0693. The SMILES string of the molecule is COc1ccccc1CCn1cc(C(=O)O)c(=O)[nH]c1=O. The quantitative estimate of drug-likeness (QED) is 0.834. The van der Waals surface area contributed by atoms with E-state index in [2.05, 4.69) is 0 Å². The van der Waals surface area contributed by atoms with Crippen LogP contribution in [0.2, 0.25) is 0 Å². The zero-order valence-electron chi connectivity index (χ0n) is 11.3. The van der Waals surface area contributed by atoms with Crippen LogP contribution in [-0.4, -0.2) is 27.7 Å². The number of aromatic nitrogens is 2. The van der Waals surface area contributed by atoms with Crippen molar-refractivity contribution >= 4 is 5.97 Å². The molecule has 7 nitrogen and oxygen atoms in total. The maximum atomic E-state index is 11.7. The first-order valence-electron chi connectivity index (χ1n) is 6.22. The van der Waals surface area contributed by atoms with Crippen LogP contribution in [0.1, 0.15) is 15.9 Å².